The van der Waals surface area contributed by atoms with Gasteiger partial charge in [-0.15, -0.1) is 0 Å². The maximum absolute atomic E-state index is 12.9. The Bertz CT molecular complexity index is 623. The average molecular weight is 298 g/mol. The van der Waals surface area contributed by atoms with Gasteiger partial charge in [-0.1, -0.05) is 0 Å². The van der Waals surface area contributed by atoms with E-state index in [1.807, 2.05) is 6.92 Å². The molecular formula is C13H22N4O2S. The number of fused-ring (bicyclic) bond motifs is 1. The predicted octanol–water partition coefficient (Wildman–Crippen LogP) is 0.506. The molecule has 3 heterocycles. The van der Waals surface area contributed by atoms with E-state index < -0.39 is 10.0 Å². The summed E-state index contributed by atoms with van der Waals surface area (Å²) in [6.07, 6.45) is 2.29. The van der Waals surface area contributed by atoms with E-state index in [1.165, 1.54) is 6.42 Å². The van der Waals surface area contributed by atoms with Crippen molar-refractivity contribution in [1.29, 1.82) is 0 Å². The fourth-order valence-corrected chi connectivity index (χ4v) is 5.31. The molecule has 0 saturated carbocycles. The van der Waals surface area contributed by atoms with Crippen molar-refractivity contribution in [2.45, 2.75) is 37.6 Å². The molecule has 1 aromatic heterocycles. The summed E-state index contributed by atoms with van der Waals surface area (Å²) in [6, 6.07) is 0.399. The van der Waals surface area contributed by atoms with Gasteiger partial charge in [0.1, 0.15) is 4.90 Å². The molecule has 0 bridgehead atoms. The van der Waals surface area contributed by atoms with E-state index in [2.05, 4.69) is 10.00 Å². The quantitative estimate of drug-likeness (QED) is 0.798. The normalized spacial score (nSPS) is 25.1. The van der Waals surface area contributed by atoms with Crippen LogP contribution in [0, 0.1) is 13.8 Å². The summed E-state index contributed by atoms with van der Waals surface area (Å²) in [7, 11) is -1.63. The minimum Gasteiger partial charge on any atom is -0.298 e. The molecule has 3 rings (SSSR count). The zero-order chi connectivity index (χ0) is 14.5. The number of sulfonamides is 1. The lowest BCUT2D eigenvalue weighted by molar-refractivity contribution is 0.158. The largest absolute Gasteiger partial charge is 0.298 e. The van der Waals surface area contributed by atoms with Crippen molar-refractivity contribution in [3.63, 3.8) is 0 Å². The molecule has 1 atom stereocenters. The molecule has 1 unspecified atom stereocenters. The summed E-state index contributed by atoms with van der Waals surface area (Å²) in [6.45, 7) is 6.76. The van der Waals surface area contributed by atoms with Crippen molar-refractivity contribution in [3.8, 4) is 0 Å². The highest BCUT2D eigenvalue weighted by molar-refractivity contribution is 7.89. The van der Waals surface area contributed by atoms with E-state index in [0.29, 0.717) is 29.7 Å². The maximum atomic E-state index is 12.9. The van der Waals surface area contributed by atoms with Crippen molar-refractivity contribution in [1.82, 2.24) is 19.0 Å². The van der Waals surface area contributed by atoms with Gasteiger partial charge >= 0.3 is 0 Å². The molecule has 0 spiro atoms. The first kappa shape index (κ1) is 14.0. The van der Waals surface area contributed by atoms with E-state index >= 15 is 0 Å². The highest BCUT2D eigenvalue weighted by Gasteiger charge is 2.38. The molecule has 0 radical (unpaired) electrons. The van der Waals surface area contributed by atoms with Crippen molar-refractivity contribution in [2.24, 2.45) is 7.05 Å². The van der Waals surface area contributed by atoms with Gasteiger partial charge in [-0.25, -0.2) is 8.42 Å². The Morgan fingerprint density at radius 2 is 1.95 bits per heavy atom. The van der Waals surface area contributed by atoms with Crippen LogP contribution in [0.4, 0.5) is 0 Å². The molecule has 2 aliphatic heterocycles. The van der Waals surface area contributed by atoms with Crippen LogP contribution in [0.25, 0.3) is 0 Å². The lowest BCUT2D eigenvalue weighted by Gasteiger charge is -2.36. The van der Waals surface area contributed by atoms with Crippen molar-refractivity contribution < 1.29 is 8.42 Å². The van der Waals surface area contributed by atoms with Crippen LogP contribution in [0.3, 0.4) is 0 Å². The Hall–Kier alpha value is -0.920. The van der Waals surface area contributed by atoms with E-state index in [1.54, 1.807) is 23.0 Å². The molecule has 0 aromatic carbocycles. The third kappa shape index (κ3) is 2.08. The van der Waals surface area contributed by atoms with Gasteiger partial charge in [-0.2, -0.15) is 9.40 Å². The number of aryl methyl sites for hydroxylation is 2. The third-order valence-corrected chi connectivity index (χ3v) is 6.71. The first-order chi connectivity index (χ1) is 9.41. The van der Waals surface area contributed by atoms with Crippen LogP contribution in [0.15, 0.2) is 4.90 Å². The summed E-state index contributed by atoms with van der Waals surface area (Å²) >= 11 is 0. The third-order valence-electron chi connectivity index (χ3n) is 4.59. The van der Waals surface area contributed by atoms with E-state index in [4.69, 9.17) is 0 Å². The van der Waals surface area contributed by atoms with Gasteiger partial charge < -0.3 is 0 Å². The van der Waals surface area contributed by atoms with Crippen molar-refractivity contribution in [2.75, 3.05) is 26.2 Å². The fourth-order valence-electron chi connectivity index (χ4n) is 3.44. The van der Waals surface area contributed by atoms with Gasteiger partial charge in [0, 0.05) is 32.7 Å². The smallest absolute Gasteiger partial charge is 0.246 e. The Labute approximate surface area is 120 Å². The highest BCUT2D eigenvalue weighted by Crippen LogP contribution is 2.28. The first-order valence-corrected chi connectivity index (χ1v) is 8.59. The van der Waals surface area contributed by atoms with Crippen molar-refractivity contribution >= 4 is 10.0 Å². The number of aromatic nitrogens is 2. The Balaban J connectivity index is 1.92. The van der Waals surface area contributed by atoms with Gasteiger partial charge in [0.15, 0.2) is 0 Å². The Morgan fingerprint density at radius 1 is 1.20 bits per heavy atom. The fraction of sp³-hybridized carbons (Fsp3) is 0.769. The van der Waals surface area contributed by atoms with Crippen LogP contribution in [-0.4, -0.2) is 59.6 Å². The zero-order valence-electron chi connectivity index (χ0n) is 12.3. The van der Waals surface area contributed by atoms with E-state index in [-0.39, 0.29) is 0 Å². The second-order valence-corrected chi connectivity index (χ2v) is 7.69. The summed E-state index contributed by atoms with van der Waals surface area (Å²) in [4.78, 5) is 2.81. The number of nitrogens with zero attached hydrogens (tertiary/aromatic N) is 4. The lowest BCUT2D eigenvalue weighted by atomic mass is 10.2. The van der Waals surface area contributed by atoms with Gasteiger partial charge in [0.2, 0.25) is 10.0 Å². The van der Waals surface area contributed by atoms with E-state index in [9.17, 15) is 8.42 Å². The molecule has 0 N–H and O–H groups in total. The summed E-state index contributed by atoms with van der Waals surface area (Å²) in [5.41, 5.74) is 1.32. The van der Waals surface area contributed by atoms with Crippen LogP contribution in [0.2, 0.25) is 0 Å². The molecular weight excluding hydrogens is 276 g/mol. The molecule has 7 heteroatoms. The molecule has 1 aromatic rings. The molecule has 2 fully saturated rings. The highest BCUT2D eigenvalue weighted by atomic mass is 32.2. The van der Waals surface area contributed by atoms with Gasteiger partial charge in [-0.3, -0.25) is 9.58 Å². The molecule has 6 nitrogen and oxygen atoms in total. The standard InChI is InChI=1S/C13H22N4O2S/c1-10-13(11(2)15(3)14-10)20(18,19)17-8-7-16-6-4-5-12(16)9-17/h12H,4-9H2,1-3H3. The van der Waals surface area contributed by atoms with Crippen LogP contribution in [0.1, 0.15) is 24.2 Å². The average Bonchev–Trinajstić information content (AvgIpc) is 2.94. The van der Waals surface area contributed by atoms with E-state index in [0.717, 1.165) is 25.2 Å². The second-order valence-electron chi connectivity index (χ2n) is 5.82. The number of piperazine rings is 1. The molecule has 2 aliphatic rings. The summed E-state index contributed by atoms with van der Waals surface area (Å²) < 4.78 is 29.1. The molecule has 2 saturated heterocycles. The zero-order valence-corrected chi connectivity index (χ0v) is 13.2. The number of hydrogen-bond acceptors (Lipinski definition) is 4. The van der Waals surface area contributed by atoms with Crippen LogP contribution in [-0.2, 0) is 17.1 Å². The first-order valence-electron chi connectivity index (χ1n) is 7.15. The van der Waals surface area contributed by atoms with Crippen LogP contribution < -0.4 is 0 Å². The van der Waals surface area contributed by atoms with Gasteiger partial charge in [0.05, 0.1) is 11.4 Å². The maximum Gasteiger partial charge on any atom is 0.246 e. The minimum absolute atomic E-state index is 0.395. The number of hydrogen-bond donors (Lipinski definition) is 0. The molecule has 20 heavy (non-hydrogen) atoms. The minimum atomic E-state index is -3.42. The number of rotatable bonds is 2. The molecule has 0 aliphatic carbocycles. The molecule has 0 amide bonds. The summed E-state index contributed by atoms with van der Waals surface area (Å²) in [5.74, 6) is 0. The van der Waals surface area contributed by atoms with Crippen molar-refractivity contribution in [3.05, 3.63) is 11.4 Å². The predicted molar refractivity (Wildman–Crippen MR) is 76.0 cm³/mol. The Morgan fingerprint density at radius 3 is 2.60 bits per heavy atom. The van der Waals surface area contributed by atoms with Gasteiger partial charge in [-0.05, 0) is 33.2 Å². The Kier molecular flexibility index (Phi) is 3.38. The SMILES string of the molecule is Cc1nn(C)c(C)c1S(=O)(=O)N1CCN2CCCC2C1. The molecule has 112 valence electrons. The van der Waals surface area contributed by atoms with Crippen LogP contribution in [0.5, 0.6) is 0 Å². The monoisotopic (exact) mass is 298 g/mol. The second kappa shape index (κ2) is 4.82. The lowest BCUT2D eigenvalue weighted by Crippen LogP contribution is -2.52. The summed E-state index contributed by atoms with van der Waals surface area (Å²) in [5, 5.41) is 4.24. The van der Waals surface area contributed by atoms with Gasteiger partial charge in [0.25, 0.3) is 0 Å². The van der Waals surface area contributed by atoms with Crippen LogP contribution >= 0.6 is 0 Å². The topological polar surface area (TPSA) is 58.4 Å².